The Balaban J connectivity index is 2.43. The van der Waals surface area contributed by atoms with Gasteiger partial charge in [-0.25, -0.2) is 12.7 Å². The van der Waals surface area contributed by atoms with Crippen molar-refractivity contribution in [3.8, 4) is 0 Å². The average Bonchev–Trinajstić information content (AvgIpc) is 2.42. The summed E-state index contributed by atoms with van der Waals surface area (Å²) in [5.74, 6) is 0. The van der Waals surface area contributed by atoms with Crippen LogP contribution >= 0.6 is 0 Å². The lowest BCUT2D eigenvalue weighted by Crippen LogP contribution is -2.26. The molecule has 2 aromatic rings. The lowest BCUT2D eigenvalue weighted by Gasteiger charge is -2.13. The molecule has 0 fully saturated rings. The second-order valence-corrected chi connectivity index (χ2v) is 6.76. The van der Waals surface area contributed by atoms with E-state index in [4.69, 9.17) is 0 Å². The summed E-state index contributed by atoms with van der Waals surface area (Å²) in [6.07, 6.45) is 1.38. The number of benzene rings is 1. The first kappa shape index (κ1) is 14.5. The lowest BCUT2D eigenvalue weighted by atomic mass is 10.2. The van der Waals surface area contributed by atoms with Crippen molar-refractivity contribution >= 4 is 10.0 Å². The molecule has 0 radical (unpaired) electrons. The molecule has 0 unspecified atom stereocenters. The minimum absolute atomic E-state index is 0.109. The molecular formula is C14H16N2O3S. The van der Waals surface area contributed by atoms with Crippen molar-refractivity contribution in [1.29, 1.82) is 0 Å². The second-order valence-electron chi connectivity index (χ2n) is 4.60. The first-order valence-corrected chi connectivity index (χ1v) is 7.52. The molecule has 0 spiro atoms. The zero-order valence-corrected chi connectivity index (χ0v) is 12.2. The van der Waals surface area contributed by atoms with Gasteiger partial charge in [0.2, 0.25) is 10.0 Å². The fourth-order valence-electron chi connectivity index (χ4n) is 1.78. The van der Waals surface area contributed by atoms with Gasteiger partial charge >= 0.3 is 0 Å². The molecule has 5 nitrogen and oxygen atoms in total. The van der Waals surface area contributed by atoms with Gasteiger partial charge in [0.15, 0.2) is 0 Å². The Hall–Kier alpha value is -1.92. The first-order chi connectivity index (χ1) is 9.41. The van der Waals surface area contributed by atoms with Crippen LogP contribution < -0.4 is 5.56 Å². The van der Waals surface area contributed by atoms with Gasteiger partial charge in [-0.15, -0.1) is 0 Å². The van der Waals surface area contributed by atoms with Gasteiger partial charge in [0.1, 0.15) is 0 Å². The van der Waals surface area contributed by atoms with E-state index in [1.807, 2.05) is 30.3 Å². The van der Waals surface area contributed by atoms with Gasteiger partial charge < -0.3 is 4.57 Å². The molecule has 0 atom stereocenters. The molecule has 20 heavy (non-hydrogen) atoms. The van der Waals surface area contributed by atoms with Crippen LogP contribution in [0.4, 0.5) is 0 Å². The van der Waals surface area contributed by atoms with Gasteiger partial charge in [0.05, 0.1) is 11.4 Å². The average molecular weight is 292 g/mol. The van der Waals surface area contributed by atoms with E-state index < -0.39 is 10.0 Å². The number of aromatic nitrogens is 1. The van der Waals surface area contributed by atoms with E-state index in [1.165, 1.54) is 37.0 Å². The third-order valence-corrected chi connectivity index (χ3v) is 4.73. The fourth-order valence-corrected chi connectivity index (χ4v) is 2.70. The minimum Gasteiger partial charge on any atom is -0.310 e. The molecule has 1 heterocycles. The number of hydrogen-bond acceptors (Lipinski definition) is 3. The molecule has 106 valence electrons. The largest absolute Gasteiger partial charge is 0.310 e. The summed E-state index contributed by atoms with van der Waals surface area (Å²) in [5.41, 5.74) is 0.709. The highest BCUT2D eigenvalue weighted by atomic mass is 32.2. The maximum atomic E-state index is 12.1. The highest BCUT2D eigenvalue weighted by molar-refractivity contribution is 7.89. The molecule has 0 aliphatic carbocycles. The zero-order valence-electron chi connectivity index (χ0n) is 11.4. The van der Waals surface area contributed by atoms with Crippen molar-refractivity contribution in [3.05, 3.63) is 64.6 Å². The summed E-state index contributed by atoms with van der Waals surface area (Å²) in [5, 5.41) is 0. The summed E-state index contributed by atoms with van der Waals surface area (Å²) in [4.78, 5) is 11.9. The predicted octanol–water partition coefficient (Wildman–Crippen LogP) is 1.15. The summed E-state index contributed by atoms with van der Waals surface area (Å²) in [7, 11) is -0.614. The number of sulfonamides is 1. The smallest absolute Gasteiger partial charge is 0.250 e. The minimum atomic E-state index is -3.53. The van der Waals surface area contributed by atoms with Crippen LogP contribution in [0, 0.1) is 0 Å². The Kier molecular flexibility index (Phi) is 4.06. The molecule has 1 aromatic carbocycles. The number of nitrogens with zero attached hydrogens (tertiary/aromatic N) is 2. The van der Waals surface area contributed by atoms with E-state index in [2.05, 4.69) is 0 Å². The normalized spacial score (nSPS) is 11.8. The van der Waals surface area contributed by atoms with E-state index in [9.17, 15) is 13.2 Å². The van der Waals surface area contributed by atoms with E-state index in [1.54, 1.807) is 0 Å². The van der Waals surface area contributed by atoms with Crippen LogP contribution in [0.1, 0.15) is 5.56 Å². The summed E-state index contributed by atoms with van der Waals surface area (Å²) in [6, 6.07) is 12.0. The maximum absolute atomic E-state index is 12.1. The quantitative estimate of drug-likeness (QED) is 0.849. The molecule has 2 rings (SSSR count). The monoisotopic (exact) mass is 292 g/mol. The van der Waals surface area contributed by atoms with Gasteiger partial charge in [0, 0.05) is 26.4 Å². The van der Waals surface area contributed by atoms with Crippen LogP contribution in [-0.2, 0) is 16.6 Å². The van der Waals surface area contributed by atoms with Crippen LogP contribution in [-0.4, -0.2) is 31.4 Å². The Morgan fingerprint density at radius 2 is 1.70 bits per heavy atom. The Morgan fingerprint density at radius 1 is 1.05 bits per heavy atom. The van der Waals surface area contributed by atoms with Crippen LogP contribution in [0.25, 0.3) is 0 Å². The SMILES string of the molecule is CN(C)S(=O)(=O)c1ccc(=O)n(Cc2ccccc2)c1. The van der Waals surface area contributed by atoms with Crippen molar-refractivity contribution in [3.63, 3.8) is 0 Å². The molecule has 0 bridgehead atoms. The zero-order chi connectivity index (χ0) is 14.8. The van der Waals surface area contributed by atoms with Crippen LogP contribution in [0.15, 0.2) is 58.4 Å². The summed E-state index contributed by atoms with van der Waals surface area (Å²) < 4.78 is 26.6. The maximum Gasteiger partial charge on any atom is 0.250 e. The lowest BCUT2D eigenvalue weighted by molar-refractivity contribution is 0.519. The van der Waals surface area contributed by atoms with E-state index >= 15 is 0 Å². The number of hydrogen-bond donors (Lipinski definition) is 0. The first-order valence-electron chi connectivity index (χ1n) is 6.08. The summed E-state index contributed by atoms with van der Waals surface area (Å²) in [6.45, 7) is 0.344. The number of pyridine rings is 1. The Morgan fingerprint density at radius 3 is 2.30 bits per heavy atom. The molecule has 0 aliphatic rings. The molecule has 0 saturated heterocycles. The highest BCUT2D eigenvalue weighted by Gasteiger charge is 2.18. The number of rotatable bonds is 4. The Bertz CT molecular complexity index is 749. The van der Waals surface area contributed by atoms with Crippen LogP contribution in [0.2, 0.25) is 0 Å². The van der Waals surface area contributed by atoms with E-state index in [0.717, 1.165) is 9.87 Å². The topological polar surface area (TPSA) is 59.4 Å². The van der Waals surface area contributed by atoms with Gasteiger partial charge in [-0.1, -0.05) is 30.3 Å². The van der Waals surface area contributed by atoms with Crippen LogP contribution in [0.5, 0.6) is 0 Å². The second kappa shape index (κ2) is 5.60. The molecule has 1 aromatic heterocycles. The summed E-state index contributed by atoms with van der Waals surface area (Å²) >= 11 is 0. The molecular weight excluding hydrogens is 276 g/mol. The standard InChI is InChI=1S/C14H16N2O3S/c1-15(2)20(18,19)13-8-9-14(17)16(11-13)10-12-6-4-3-5-7-12/h3-9,11H,10H2,1-2H3. The van der Waals surface area contributed by atoms with Gasteiger partial charge in [0.25, 0.3) is 5.56 Å². The van der Waals surface area contributed by atoms with Crippen molar-refractivity contribution < 1.29 is 8.42 Å². The van der Waals surface area contributed by atoms with E-state index in [-0.39, 0.29) is 10.5 Å². The molecule has 0 saturated carbocycles. The molecule has 0 N–H and O–H groups in total. The highest BCUT2D eigenvalue weighted by Crippen LogP contribution is 2.11. The van der Waals surface area contributed by atoms with Crippen molar-refractivity contribution in [2.45, 2.75) is 11.4 Å². The fraction of sp³-hybridized carbons (Fsp3) is 0.214. The van der Waals surface area contributed by atoms with Gasteiger partial charge in [-0.2, -0.15) is 0 Å². The molecule has 0 amide bonds. The predicted molar refractivity (Wildman–Crippen MR) is 77.1 cm³/mol. The van der Waals surface area contributed by atoms with Crippen molar-refractivity contribution in [2.75, 3.05) is 14.1 Å². The van der Waals surface area contributed by atoms with Crippen molar-refractivity contribution in [1.82, 2.24) is 8.87 Å². The van der Waals surface area contributed by atoms with E-state index in [0.29, 0.717) is 6.54 Å². The molecule has 6 heteroatoms. The third kappa shape index (κ3) is 2.97. The van der Waals surface area contributed by atoms with Gasteiger partial charge in [-0.3, -0.25) is 4.79 Å². The third-order valence-electron chi connectivity index (χ3n) is 2.93. The van der Waals surface area contributed by atoms with Crippen molar-refractivity contribution in [2.24, 2.45) is 0 Å². The Labute approximate surface area is 118 Å². The van der Waals surface area contributed by atoms with Crippen LogP contribution in [0.3, 0.4) is 0 Å². The van der Waals surface area contributed by atoms with Gasteiger partial charge in [-0.05, 0) is 11.6 Å². The molecule has 0 aliphatic heterocycles.